The average molecular weight is 372 g/mol. The van der Waals surface area contributed by atoms with Crippen molar-refractivity contribution in [3.05, 3.63) is 35.4 Å². The Morgan fingerprint density at radius 3 is 2.59 bits per heavy atom. The molecule has 0 radical (unpaired) electrons. The summed E-state index contributed by atoms with van der Waals surface area (Å²) in [6.45, 7) is 11.8. The fourth-order valence-corrected chi connectivity index (χ4v) is 2.51. The van der Waals surface area contributed by atoms with Crippen molar-refractivity contribution in [3.63, 3.8) is 0 Å². The number of hydrogen-bond acceptors (Lipinski definition) is 4. The lowest BCUT2D eigenvalue weighted by molar-refractivity contribution is -0.111. The van der Waals surface area contributed by atoms with E-state index in [0.29, 0.717) is 24.7 Å². The molecule has 0 spiro atoms. The third kappa shape index (κ3) is 5.29. The first-order chi connectivity index (χ1) is 12.8. The lowest BCUT2D eigenvalue weighted by Gasteiger charge is -2.07. The van der Waals surface area contributed by atoms with Crippen molar-refractivity contribution >= 4 is 23.6 Å². The molecular weight excluding hydrogens is 344 g/mol. The number of nitrogens with zero attached hydrogens (tertiary/aromatic N) is 4. The second kappa shape index (κ2) is 9.16. The maximum atomic E-state index is 12.4. The van der Waals surface area contributed by atoms with Crippen LogP contribution in [-0.4, -0.2) is 37.9 Å². The summed E-state index contributed by atoms with van der Waals surface area (Å²) >= 11 is 0. The lowest BCUT2D eigenvalue weighted by Crippen LogP contribution is -2.28. The van der Waals surface area contributed by atoms with Crippen molar-refractivity contribution in [1.82, 2.24) is 24.9 Å². The number of carbonyl (C=O) groups is 2. The van der Waals surface area contributed by atoms with E-state index in [4.69, 9.17) is 0 Å². The van der Waals surface area contributed by atoms with Gasteiger partial charge in [0, 0.05) is 43.2 Å². The van der Waals surface area contributed by atoms with Crippen molar-refractivity contribution in [2.45, 2.75) is 47.7 Å². The number of aryl methyl sites for hydroxylation is 2. The number of hydrogen-bond donors (Lipinski definition) is 2. The molecule has 0 aliphatic rings. The summed E-state index contributed by atoms with van der Waals surface area (Å²) in [5.74, 6) is -0.294. The zero-order valence-electron chi connectivity index (χ0n) is 16.6. The van der Waals surface area contributed by atoms with Crippen LogP contribution in [0.2, 0.25) is 0 Å². The lowest BCUT2D eigenvalue weighted by atomic mass is 10.2. The Labute approximate surface area is 159 Å². The van der Waals surface area contributed by atoms with E-state index < -0.39 is 0 Å². The largest absolute Gasteiger partial charge is 0.350 e. The van der Waals surface area contributed by atoms with Crippen LogP contribution in [0.1, 0.15) is 49.4 Å². The summed E-state index contributed by atoms with van der Waals surface area (Å²) in [5, 5.41) is 14.1. The van der Waals surface area contributed by atoms with Gasteiger partial charge in [-0.2, -0.15) is 10.2 Å². The van der Waals surface area contributed by atoms with Crippen LogP contribution in [0.5, 0.6) is 0 Å². The molecular formula is C19H28N6O2. The third-order valence-corrected chi connectivity index (χ3v) is 4.08. The Hall–Kier alpha value is -2.90. The zero-order valence-corrected chi connectivity index (χ0v) is 16.6. The van der Waals surface area contributed by atoms with Crippen molar-refractivity contribution in [3.8, 4) is 0 Å². The van der Waals surface area contributed by atoms with Crippen molar-refractivity contribution in [2.75, 3.05) is 11.9 Å². The number of amides is 2. The van der Waals surface area contributed by atoms with Crippen LogP contribution < -0.4 is 10.6 Å². The van der Waals surface area contributed by atoms with Gasteiger partial charge in [-0.25, -0.2) is 0 Å². The van der Waals surface area contributed by atoms with Crippen LogP contribution in [0.4, 0.5) is 5.69 Å². The maximum Gasteiger partial charge on any atom is 0.273 e. The molecule has 146 valence electrons. The molecule has 2 rings (SSSR count). The van der Waals surface area contributed by atoms with Gasteiger partial charge < -0.3 is 10.6 Å². The van der Waals surface area contributed by atoms with Crippen molar-refractivity contribution in [2.24, 2.45) is 5.92 Å². The molecule has 2 N–H and O–H groups in total. The second-order valence-electron chi connectivity index (χ2n) is 6.67. The van der Waals surface area contributed by atoms with Crippen molar-refractivity contribution in [1.29, 1.82) is 0 Å². The van der Waals surface area contributed by atoms with Gasteiger partial charge in [-0.3, -0.25) is 19.0 Å². The number of anilines is 1. The predicted octanol–water partition coefficient (Wildman–Crippen LogP) is 2.47. The zero-order chi connectivity index (χ0) is 20.0. The van der Waals surface area contributed by atoms with E-state index in [2.05, 4.69) is 20.8 Å². The summed E-state index contributed by atoms with van der Waals surface area (Å²) in [7, 11) is 0. The quantitative estimate of drug-likeness (QED) is 0.696. The SMILES string of the molecule is CCn1cc(NC(=O)/C=C/c2cnn(CC)c2C)c(C(=O)NCC(C)C)n1. The van der Waals surface area contributed by atoms with Crippen molar-refractivity contribution < 1.29 is 9.59 Å². The minimum absolute atomic E-state index is 0.217. The fraction of sp³-hybridized carbons (Fsp3) is 0.474. The first-order valence-corrected chi connectivity index (χ1v) is 9.22. The van der Waals surface area contributed by atoms with Gasteiger partial charge in [-0.1, -0.05) is 13.8 Å². The van der Waals surface area contributed by atoms with Crippen LogP contribution in [0.15, 0.2) is 18.5 Å². The Morgan fingerprint density at radius 2 is 2.00 bits per heavy atom. The molecule has 2 aromatic heterocycles. The smallest absolute Gasteiger partial charge is 0.273 e. The molecule has 2 heterocycles. The summed E-state index contributed by atoms with van der Waals surface area (Å²) in [5.41, 5.74) is 2.49. The van der Waals surface area contributed by atoms with E-state index in [9.17, 15) is 9.59 Å². The van der Waals surface area contributed by atoms with Gasteiger partial charge in [0.2, 0.25) is 5.91 Å². The van der Waals surface area contributed by atoms with Gasteiger partial charge in [0.05, 0.1) is 11.9 Å². The van der Waals surface area contributed by atoms with Gasteiger partial charge in [0.25, 0.3) is 5.91 Å². The fourth-order valence-electron chi connectivity index (χ4n) is 2.51. The van der Waals surface area contributed by atoms with Crippen LogP contribution in [-0.2, 0) is 17.9 Å². The average Bonchev–Trinajstić information content (AvgIpc) is 3.21. The van der Waals surface area contributed by atoms with E-state index in [1.807, 2.05) is 39.3 Å². The molecule has 8 nitrogen and oxygen atoms in total. The summed E-state index contributed by atoms with van der Waals surface area (Å²) in [6, 6.07) is 0. The van der Waals surface area contributed by atoms with E-state index in [0.717, 1.165) is 17.8 Å². The Balaban J connectivity index is 2.12. The normalized spacial score (nSPS) is 11.3. The van der Waals surface area contributed by atoms with E-state index in [-0.39, 0.29) is 17.5 Å². The predicted molar refractivity (Wildman–Crippen MR) is 105 cm³/mol. The minimum atomic E-state index is -0.327. The molecule has 0 bridgehead atoms. The maximum absolute atomic E-state index is 12.4. The minimum Gasteiger partial charge on any atom is -0.350 e. The van der Waals surface area contributed by atoms with Gasteiger partial charge in [-0.05, 0) is 32.8 Å². The highest BCUT2D eigenvalue weighted by Gasteiger charge is 2.18. The summed E-state index contributed by atoms with van der Waals surface area (Å²) in [6.07, 6.45) is 6.54. The number of aromatic nitrogens is 4. The molecule has 0 aliphatic heterocycles. The molecule has 0 saturated carbocycles. The number of rotatable bonds is 8. The molecule has 0 atom stereocenters. The molecule has 0 saturated heterocycles. The molecule has 0 fully saturated rings. The highest BCUT2D eigenvalue weighted by molar-refractivity contribution is 6.06. The molecule has 27 heavy (non-hydrogen) atoms. The highest BCUT2D eigenvalue weighted by Crippen LogP contribution is 2.15. The van der Waals surface area contributed by atoms with E-state index >= 15 is 0 Å². The first kappa shape index (κ1) is 20.4. The van der Waals surface area contributed by atoms with Crippen LogP contribution in [0.25, 0.3) is 6.08 Å². The molecule has 2 aromatic rings. The van der Waals surface area contributed by atoms with Crippen LogP contribution >= 0.6 is 0 Å². The molecule has 0 aliphatic carbocycles. The van der Waals surface area contributed by atoms with Crippen LogP contribution in [0.3, 0.4) is 0 Å². The van der Waals surface area contributed by atoms with Gasteiger partial charge in [0.1, 0.15) is 0 Å². The first-order valence-electron chi connectivity index (χ1n) is 9.22. The standard InChI is InChI=1S/C19H28N6O2/c1-6-24-12-16(18(23-24)19(27)20-10-13(3)4)22-17(26)9-8-15-11-21-25(7-2)14(15)5/h8-9,11-13H,6-7,10H2,1-5H3,(H,20,27)(H,22,26)/b9-8+. The third-order valence-electron chi connectivity index (χ3n) is 4.08. The number of carbonyl (C=O) groups excluding carboxylic acids is 2. The topological polar surface area (TPSA) is 93.8 Å². The molecule has 2 amide bonds. The number of nitrogens with one attached hydrogen (secondary N) is 2. The van der Waals surface area contributed by atoms with Gasteiger partial charge >= 0.3 is 0 Å². The summed E-state index contributed by atoms with van der Waals surface area (Å²) < 4.78 is 3.49. The van der Waals surface area contributed by atoms with Gasteiger partial charge in [0.15, 0.2) is 5.69 Å². The highest BCUT2D eigenvalue weighted by atomic mass is 16.2. The summed E-state index contributed by atoms with van der Waals surface area (Å²) in [4.78, 5) is 24.7. The van der Waals surface area contributed by atoms with Crippen LogP contribution in [0, 0.1) is 12.8 Å². The monoisotopic (exact) mass is 372 g/mol. The molecule has 8 heteroatoms. The van der Waals surface area contributed by atoms with E-state index in [1.54, 1.807) is 23.2 Å². The Morgan fingerprint density at radius 1 is 1.26 bits per heavy atom. The Kier molecular flexibility index (Phi) is 6.92. The Bertz CT molecular complexity index is 831. The van der Waals surface area contributed by atoms with Gasteiger partial charge in [-0.15, -0.1) is 0 Å². The molecule has 0 aromatic carbocycles. The van der Waals surface area contributed by atoms with E-state index in [1.165, 1.54) is 6.08 Å². The molecule has 0 unspecified atom stereocenters. The second-order valence-corrected chi connectivity index (χ2v) is 6.67.